The van der Waals surface area contributed by atoms with Crippen molar-refractivity contribution in [3.8, 4) is 43.9 Å². The van der Waals surface area contributed by atoms with Gasteiger partial charge < -0.3 is 23.5 Å². The second-order valence-electron chi connectivity index (χ2n) is 11.0. The molecule has 5 aromatic rings. The molecule has 2 aliphatic rings. The molecule has 2 aliphatic heterocycles. The van der Waals surface area contributed by atoms with Crippen LogP contribution in [0.4, 0.5) is 0 Å². The molecule has 5 heterocycles. The highest BCUT2D eigenvalue weighted by Gasteiger charge is 2.23. The highest BCUT2D eigenvalue weighted by molar-refractivity contribution is 7.14. The Kier molecular flexibility index (Phi) is 7.82. The van der Waals surface area contributed by atoms with Crippen LogP contribution in [0.25, 0.3) is 42.7 Å². The first-order valence-electron chi connectivity index (χ1n) is 15.1. The molecule has 0 N–H and O–H groups in total. The second-order valence-corrected chi connectivity index (χ2v) is 12.7. The van der Waals surface area contributed by atoms with E-state index < -0.39 is 0 Å². The summed E-state index contributed by atoms with van der Waals surface area (Å²) in [5.74, 6) is 3.13. The lowest BCUT2D eigenvalue weighted by Crippen LogP contribution is -2.14. The molecule has 7 rings (SSSR count). The second kappa shape index (κ2) is 12.0. The van der Waals surface area contributed by atoms with E-state index in [1.54, 1.807) is 22.7 Å². The molecule has 0 saturated heterocycles. The van der Waals surface area contributed by atoms with Crippen molar-refractivity contribution in [3.05, 3.63) is 57.4 Å². The van der Waals surface area contributed by atoms with Crippen molar-refractivity contribution in [3.63, 3.8) is 0 Å². The Hall–Kier alpha value is -3.49. The predicted octanol–water partition coefficient (Wildman–Crippen LogP) is 8.90. The van der Waals surface area contributed by atoms with E-state index >= 15 is 0 Å². The lowest BCUT2D eigenvalue weighted by Gasteiger charge is -2.18. The molecule has 42 heavy (non-hydrogen) atoms. The molecule has 0 amide bonds. The summed E-state index contributed by atoms with van der Waals surface area (Å²) < 4.78 is 25.9. The zero-order valence-corrected chi connectivity index (χ0v) is 25.5. The van der Waals surface area contributed by atoms with Gasteiger partial charge in [0, 0.05) is 28.1 Å². The summed E-state index contributed by atoms with van der Waals surface area (Å²) in [6.45, 7) is 5.31. The van der Waals surface area contributed by atoms with Gasteiger partial charge in [-0.1, -0.05) is 57.6 Å². The van der Waals surface area contributed by atoms with Crippen molar-refractivity contribution in [2.24, 2.45) is 0 Å². The van der Waals surface area contributed by atoms with E-state index in [9.17, 15) is 4.79 Å². The Labute approximate surface area is 253 Å². The molecular formula is C34H35NO5S2. The average molecular weight is 602 g/mol. The maximum Gasteiger partial charge on any atom is 0.197 e. The lowest BCUT2D eigenvalue weighted by molar-refractivity contribution is 0.174. The largest absolute Gasteiger partial charge is 0.485 e. The summed E-state index contributed by atoms with van der Waals surface area (Å²) >= 11 is 3.19. The number of pyridine rings is 1. The molecule has 0 spiro atoms. The number of ether oxygens (including phenoxy) is 4. The molecule has 0 bridgehead atoms. The number of thiophene rings is 2. The summed E-state index contributed by atoms with van der Waals surface area (Å²) in [6, 6.07) is 12.5. The van der Waals surface area contributed by atoms with Gasteiger partial charge >= 0.3 is 0 Å². The first-order chi connectivity index (χ1) is 20.7. The molecule has 6 nitrogen and oxygen atoms in total. The number of hydrogen-bond acceptors (Lipinski definition) is 7. The SMILES string of the molecule is CCCCCCCCCn1c2ccc(-c3scc4c3OCCO4)cc2c(=O)c2cc(-c3scc4c3OCCO4)ccc21. The highest BCUT2D eigenvalue weighted by atomic mass is 32.1. The van der Waals surface area contributed by atoms with E-state index in [0.29, 0.717) is 26.4 Å². The van der Waals surface area contributed by atoms with Crippen LogP contribution in [0.15, 0.2) is 52.0 Å². The van der Waals surface area contributed by atoms with Gasteiger partial charge in [-0.25, -0.2) is 0 Å². The highest BCUT2D eigenvalue weighted by Crippen LogP contribution is 2.47. The molecule has 0 radical (unpaired) electrons. The van der Waals surface area contributed by atoms with E-state index in [0.717, 1.165) is 78.7 Å². The fourth-order valence-corrected chi connectivity index (χ4v) is 7.92. The molecule has 0 atom stereocenters. The van der Waals surface area contributed by atoms with E-state index in [1.165, 1.54) is 38.5 Å². The number of benzene rings is 2. The molecule has 3 aromatic heterocycles. The van der Waals surface area contributed by atoms with Crippen LogP contribution >= 0.6 is 22.7 Å². The maximum absolute atomic E-state index is 14.2. The third-order valence-corrected chi connectivity index (χ3v) is 10.2. The van der Waals surface area contributed by atoms with E-state index in [4.69, 9.17) is 18.9 Å². The van der Waals surface area contributed by atoms with Gasteiger partial charge in [0.05, 0.1) is 20.8 Å². The van der Waals surface area contributed by atoms with Crippen LogP contribution in [0, 0.1) is 0 Å². The van der Waals surface area contributed by atoms with Crippen LogP contribution in [0.1, 0.15) is 51.9 Å². The monoisotopic (exact) mass is 601 g/mol. The fourth-order valence-electron chi connectivity index (χ4n) is 6.06. The number of fused-ring (bicyclic) bond motifs is 4. The molecular weight excluding hydrogens is 567 g/mol. The van der Waals surface area contributed by atoms with Crippen LogP contribution in [0.3, 0.4) is 0 Å². The third kappa shape index (κ3) is 5.05. The molecule has 0 unspecified atom stereocenters. The van der Waals surface area contributed by atoms with Gasteiger partial charge in [0.2, 0.25) is 0 Å². The topological polar surface area (TPSA) is 58.9 Å². The molecule has 2 aromatic carbocycles. The Balaban J connectivity index is 1.31. The minimum Gasteiger partial charge on any atom is -0.485 e. The molecule has 0 aliphatic carbocycles. The summed E-state index contributed by atoms with van der Waals surface area (Å²) in [4.78, 5) is 16.2. The van der Waals surface area contributed by atoms with Crippen molar-refractivity contribution in [2.45, 2.75) is 58.4 Å². The number of aryl methyl sites for hydroxylation is 1. The minimum absolute atomic E-state index is 0.0460. The van der Waals surface area contributed by atoms with Gasteiger partial charge in [-0.15, -0.1) is 22.7 Å². The number of unbranched alkanes of at least 4 members (excludes halogenated alkanes) is 6. The Morgan fingerprint density at radius 2 is 1.17 bits per heavy atom. The summed E-state index contributed by atoms with van der Waals surface area (Å²) in [7, 11) is 0. The van der Waals surface area contributed by atoms with Crippen LogP contribution in [-0.4, -0.2) is 31.0 Å². The first kappa shape index (κ1) is 27.3. The van der Waals surface area contributed by atoms with Gasteiger partial charge in [0.15, 0.2) is 28.4 Å². The van der Waals surface area contributed by atoms with Crippen LogP contribution in [-0.2, 0) is 6.54 Å². The van der Waals surface area contributed by atoms with Crippen LogP contribution in [0.5, 0.6) is 23.0 Å². The Morgan fingerprint density at radius 3 is 1.71 bits per heavy atom. The zero-order valence-electron chi connectivity index (χ0n) is 23.9. The quantitative estimate of drug-likeness (QED) is 0.118. The van der Waals surface area contributed by atoms with E-state index in [-0.39, 0.29) is 5.43 Å². The van der Waals surface area contributed by atoms with Crippen molar-refractivity contribution in [2.75, 3.05) is 26.4 Å². The van der Waals surface area contributed by atoms with Gasteiger partial charge in [-0.2, -0.15) is 0 Å². The summed E-state index contributed by atoms with van der Waals surface area (Å²) in [6.07, 6.45) is 8.70. The van der Waals surface area contributed by atoms with Crippen LogP contribution in [0.2, 0.25) is 0 Å². The van der Waals surface area contributed by atoms with E-state index in [2.05, 4.69) is 35.8 Å². The average Bonchev–Trinajstić information content (AvgIpc) is 3.66. The van der Waals surface area contributed by atoms with Crippen molar-refractivity contribution < 1.29 is 18.9 Å². The van der Waals surface area contributed by atoms with Gasteiger partial charge in [0.1, 0.15) is 26.4 Å². The minimum atomic E-state index is 0.0460. The molecule has 0 saturated carbocycles. The fraction of sp³-hybridized carbons (Fsp3) is 0.382. The van der Waals surface area contributed by atoms with Gasteiger partial charge in [-0.05, 0) is 41.8 Å². The third-order valence-electron chi connectivity index (χ3n) is 8.18. The van der Waals surface area contributed by atoms with E-state index in [1.807, 2.05) is 22.9 Å². The number of rotatable bonds is 10. The number of hydrogen-bond donors (Lipinski definition) is 0. The number of aromatic nitrogens is 1. The molecule has 218 valence electrons. The predicted molar refractivity (Wildman–Crippen MR) is 172 cm³/mol. The standard InChI is InChI=1S/C34H35NO5S2/c1-2-3-4-5-6-7-8-13-35-26-11-9-22(33-31-28(20-41-33)37-14-16-39-31)18-24(26)30(36)25-19-23(10-12-27(25)35)34-32-29(21-42-34)38-15-17-40-32/h9-12,18-21H,2-8,13-17H2,1H3. The summed E-state index contributed by atoms with van der Waals surface area (Å²) in [5, 5.41) is 5.44. The van der Waals surface area contributed by atoms with Gasteiger partial charge in [-0.3, -0.25) is 4.79 Å². The normalized spacial score (nSPS) is 14.1. The lowest BCUT2D eigenvalue weighted by atomic mass is 10.0. The van der Waals surface area contributed by atoms with Crippen molar-refractivity contribution in [1.29, 1.82) is 0 Å². The van der Waals surface area contributed by atoms with Crippen LogP contribution < -0.4 is 24.4 Å². The zero-order chi connectivity index (χ0) is 28.5. The molecule has 8 heteroatoms. The Bertz CT molecular complexity index is 1680. The maximum atomic E-state index is 14.2. The van der Waals surface area contributed by atoms with Crippen molar-refractivity contribution >= 4 is 44.5 Å². The first-order valence-corrected chi connectivity index (χ1v) is 16.8. The molecule has 0 fully saturated rings. The van der Waals surface area contributed by atoms with Gasteiger partial charge in [0.25, 0.3) is 0 Å². The van der Waals surface area contributed by atoms with Crippen molar-refractivity contribution in [1.82, 2.24) is 4.57 Å². The number of nitrogens with zero attached hydrogens (tertiary/aromatic N) is 1. The summed E-state index contributed by atoms with van der Waals surface area (Å²) in [5.41, 5.74) is 3.95. The smallest absolute Gasteiger partial charge is 0.197 e. The Morgan fingerprint density at radius 1 is 0.667 bits per heavy atom.